The number of nitrogens with one attached hydrogen (secondary N) is 1. The lowest BCUT2D eigenvalue weighted by molar-refractivity contribution is -0.126. The molecule has 4 aromatic rings. The molecule has 1 aliphatic rings. The minimum Gasteiger partial charge on any atom is -0.497 e. The number of anilines is 1. The summed E-state index contributed by atoms with van der Waals surface area (Å²) >= 11 is 0. The average molecular weight is 490 g/mol. The molecule has 10 nitrogen and oxygen atoms in total. The van der Waals surface area contributed by atoms with Crippen molar-refractivity contribution in [3.8, 4) is 23.0 Å². The van der Waals surface area contributed by atoms with E-state index in [9.17, 15) is 14.0 Å². The Balaban J connectivity index is 1.16. The third-order valence-electron chi connectivity index (χ3n) is 5.83. The predicted octanol–water partition coefficient (Wildman–Crippen LogP) is 2.49. The molecule has 1 saturated heterocycles. The number of benzene rings is 2. The van der Waals surface area contributed by atoms with Gasteiger partial charge in [-0.3, -0.25) is 9.59 Å². The molecule has 1 unspecified atom stereocenters. The summed E-state index contributed by atoms with van der Waals surface area (Å²) in [4.78, 5) is 26.7. The molecular weight excluding hydrogens is 467 g/mol. The van der Waals surface area contributed by atoms with E-state index in [1.54, 1.807) is 54.5 Å². The Morgan fingerprint density at radius 3 is 2.83 bits per heavy atom. The molecule has 0 spiro atoms. The van der Waals surface area contributed by atoms with Crippen LogP contribution in [0.15, 0.2) is 60.7 Å². The van der Waals surface area contributed by atoms with Gasteiger partial charge in [-0.15, -0.1) is 15.3 Å². The van der Waals surface area contributed by atoms with Gasteiger partial charge in [0.1, 0.15) is 18.2 Å². The number of hydrogen-bond donors (Lipinski definition) is 1. The van der Waals surface area contributed by atoms with Crippen molar-refractivity contribution >= 4 is 23.1 Å². The van der Waals surface area contributed by atoms with Crippen LogP contribution in [-0.4, -0.2) is 58.4 Å². The molecule has 2 aromatic carbocycles. The summed E-state index contributed by atoms with van der Waals surface area (Å²) in [5, 5.41) is 15.3. The number of hydrogen-bond acceptors (Lipinski definition) is 7. The molecule has 3 heterocycles. The second-order valence-corrected chi connectivity index (χ2v) is 8.22. The predicted molar refractivity (Wildman–Crippen MR) is 128 cm³/mol. The number of carbonyl (C=O) groups is 2. The quantitative estimate of drug-likeness (QED) is 0.378. The summed E-state index contributed by atoms with van der Waals surface area (Å²) < 4.78 is 26.0. The topological polar surface area (TPSA) is 111 Å². The highest BCUT2D eigenvalue weighted by Crippen LogP contribution is 2.28. The molecule has 1 N–H and O–H groups in total. The molecule has 1 fully saturated rings. The number of amides is 2. The van der Waals surface area contributed by atoms with Gasteiger partial charge in [0.25, 0.3) is 0 Å². The van der Waals surface area contributed by atoms with Crippen molar-refractivity contribution in [3.63, 3.8) is 0 Å². The zero-order valence-electron chi connectivity index (χ0n) is 19.4. The maximum Gasteiger partial charge on any atom is 0.231 e. The van der Waals surface area contributed by atoms with Gasteiger partial charge in [-0.25, -0.2) is 4.39 Å². The fourth-order valence-electron chi connectivity index (χ4n) is 4.04. The van der Waals surface area contributed by atoms with E-state index in [2.05, 4.69) is 20.6 Å². The Hall–Kier alpha value is -4.54. The number of fused-ring (bicyclic) bond motifs is 1. The van der Waals surface area contributed by atoms with Gasteiger partial charge in [-0.1, -0.05) is 18.2 Å². The first-order chi connectivity index (χ1) is 17.5. The Bertz CT molecular complexity index is 1420. The van der Waals surface area contributed by atoms with Gasteiger partial charge >= 0.3 is 0 Å². The second-order valence-electron chi connectivity index (χ2n) is 8.22. The number of rotatable bonds is 8. The smallest absolute Gasteiger partial charge is 0.231 e. The van der Waals surface area contributed by atoms with Crippen molar-refractivity contribution < 1.29 is 23.5 Å². The van der Waals surface area contributed by atoms with Crippen molar-refractivity contribution in [1.82, 2.24) is 25.1 Å². The normalized spacial score (nSPS) is 15.3. The van der Waals surface area contributed by atoms with E-state index in [0.29, 0.717) is 40.9 Å². The monoisotopic (exact) mass is 490 g/mol. The van der Waals surface area contributed by atoms with Crippen LogP contribution in [-0.2, 0) is 9.59 Å². The molecule has 184 valence electrons. The lowest BCUT2D eigenvalue weighted by Gasteiger charge is -2.17. The van der Waals surface area contributed by atoms with E-state index in [1.165, 1.54) is 16.6 Å². The lowest BCUT2D eigenvalue weighted by Crippen LogP contribution is -2.35. The van der Waals surface area contributed by atoms with Crippen LogP contribution in [0.4, 0.5) is 10.1 Å². The highest BCUT2D eigenvalue weighted by atomic mass is 19.1. The highest BCUT2D eigenvalue weighted by molar-refractivity contribution is 6.00. The first-order valence-corrected chi connectivity index (χ1v) is 11.3. The SMILES string of the molecule is COc1cccc(N2CC(C(=O)NCCOc3ccc4nnc(-c5cccc(F)c5)n4n3)CC2=O)c1. The summed E-state index contributed by atoms with van der Waals surface area (Å²) in [6.07, 6.45) is 0.138. The van der Waals surface area contributed by atoms with Gasteiger partial charge in [0.15, 0.2) is 11.5 Å². The molecule has 1 atom stereocenters. The van der Waals surface area contributed by atoms with Crippen LogP contribution in [0, 0.1) is 11.7 Å². The zero-order chi connectivity index (χ0) is 25.1. The largest absolute Gasteiger partial charge is 0.497 e. The van der Waals surface area contributed by atoms with E-state index >= 15 is 0 Å². The Kier molecular flexibility index (Phi) is 6.44. The van der Waals surface area contributed by atoms with Crippen LogP contribution in [0.2, 0.25) is 0 Å². The molecule has 0 aliphatic carbocycles. The number of nitrogens with zero attached hydrogens (tertiary/aromatic N) is 5. The maximum absolute atomic E-state index is 13.6. The number of aromatic nitrogens is 4. The molecule has 2 amide bonds. The molecule has 0 radical (unpaired) electrons. The molecule has 11 heteroatoms. The van der Waals surface area contributed by atoms with Crippen LogP contribution in [0.3, 0.4) is 0 Å². The Labute approximate surface area is 205 Å². The van der Waals surface area contributed by atoms with Crippen LogP contribution < -0.4 is 19.7 Å². The van der Waals surface area contributed by atoms with Crippen LogP contribution >= 0.6 is 0 Å². The van der Waals surface area contributed by atoms with Crippen LogP contribution in [0.1, 0.15) is 6.42 Å². The number of halogens is 1. The number of methoxy groups -OCH3 is 1. The van der Waals surface area contributed by atoms with Crippen molar-refractivity contribution in [1.29, 1.82) is 0 Å². The van der Waals surface area contributed by atoms with Gasteiger partial charge < -0.3 is 19.7 Å². The summed E-state index contributed by atoms with van der Waals surface area (Å²) in [6, 6.07) is 16.5. The minimum absolute atomic E-state index is 0.111. The molecule has 1 aliphatic heterocycles. The molecule has 2 aromatic heterocycles. The lowest BCUT2D eigenvalue weighted by atomic mass is 10.1. The average Bonchev–Trinajstić information content (AvgIpc) is 3.50. The standard InChI is InChI=1S/C25H23FN6O4/c1-35-20-7-3-6-19(14-20)31-15-17(13-23(31)33)25(34)27-10-11-36-22-9-8-21-28-29-24(32(21)30-22)16-4-2-5-18(26)12-16/h2-9,12,14,17H,10-11,13,15H2,1H3,(H,27,34). The fourth-order valence-corrected chi connectivity index (χ4v) is 4.04. The first kappa shape index (κ1) is 23.2. The van der Waals surface area contributed by atoms with Crippen LogP contribution in [0.25, 0.3) is 17.0 Å². The minimum atomic E-state index is -0.455. The Morgan fingerprint density at radius 1 is 1.14 bits per heavy atom. The summed E-state index contributed by atoms with van der Waals surface area (Å²) in [5.74, 6) is 0.163. The maximum atomic E-state index is 13.6. The van der Waals surface area contributed by atoms with Crippen molar-refractivity contribution in [2.24, 2.45) is 5.92 Å². The van der Waals surface area contributed by atoms with E-state index in [1.807, 2.05) is 6.07 Å². The highest BCUT2D eigenvalue weighted by Gasteiger charge is 2.35. The van der Waals surface area contributed by atoms with Crippen molar-refractivity contribution in [2.75, 3.05) is 31.7 Å². The van der Waals surface area contributed by atoms with E-state index in [4.69, 9.17) is 9.47 Å². The third-order valence-corrected chi connectivity index (χ3v) is 5.83. The summed E-state index contributed by atoms with van der Waals surface area (Å²) in [7, 11) is 1.56. The van der Waals surface area contributed by atoms with Crippen molar-refractivity contribution in [2.45, 2.75) is 6.42 Å². The number of ether oxygens (including phenoxy) is 2. The third kappa shape index (κ3) is 4.81. The van der Waals surface area contributed by atoms with Gasteiger partial charge in [0, 0.05) is 36.3 Å². The second kappa shape index (κ2) is 9.98. The fraction of sp³-hybridized carbons (Fsp3) is 0.240. The molecule has 36 heavy (non-hydrogen) atoms. The van der Waals surface area contributed by atoms with Gasteiger partial charge in [0.2, 0.25) is 17.7 Å². The molecule has 0 bridgehead atoms. The Morgan fingerprint density at radius 2 is 2.00 bits per heavy atom. The van der Waals surface area contributed by atoms with E-state index in [0.717, 1.165) is 0 Å². The summed E-state index contributed by atoms with van der Waals surface area (Å²) in [5.41, 5.74) is 1.72. The molecule has 5 rings (SSSR count). The molecule has 0 saturated carbocycles. The van der Waals surface area contributed by atoms with E-state index < -0.39 is 5.92 Å². The van der Waals surface area contributed by atoms with Gasteiger partial charge in [-0.05, 0) is 30.3 Å². The zero-order valence-corrected chi connectivity index (χ0v) is 19.4. The summed E-state index contributed by atoms with van der Waals surface area (Å²) in [6.45, 7) is 0.705. The van der Waals surface area contributed by atoms with Gasteiger partial charge in [0.05, 0.1) is 19.6 Å². The molecular formula is C25H23FN6O4. The van der Waals surface area contributed by atoms with Crippen molar-refractivity contribution in [3.05, 3.63) is 66.5 Å². The first-order valence-electron chi connectivity index (χ1n) is 11.3. The van der Waals surface area contributed by atoms with E-state index in [-0.39, 0.29) is 37.2 Å². The number of carbonyl (C=O) groups excluding carboxylic acids is 2. The van der Waals surface area contributed by atoms with Gasteiger partial charge in [-0.2, -0.15) is 4.52 Å². The van der Waals surface area contributed by atoms with Crippen LogP contribution in [0.5, 0.6) is 11.6 Å².